The number of hydrogen-bond acceptors (Lipinski definition) is 4. The summed E-state index contributed by atoms with van der Waals surface area (Å²) < 4.78 is 28.7. The SMILES string of the molecule is Cc1c(Oc2ccccc2Cl)cc(N)cc1S(N)(=O)=O. The number of nitrogen functional groups attached to an aromatic ring is 1. The van der Waals surface area contributed by atoms with E-state index < -0.39 is 10.0 Å². The van der Waals surface area contributed by atoms with Gasteiger partial charge in [-0.3, -0.25) is 0 Å². The van der Waals surface area contributed by atoms with E-state index in [4.69, 9.17) is 27.2 Å². The highest BCUT2D eigenvalue weighted by atomic mass is 35.5. The van der Waals surface area contributed by atoms with Crippen LogP contribution in [0, 0.1) is 6.92 Å². The van der Waals surface area contributed by atoms with Gasteiger partial charge in [0.15, 0.2) is 0 Å². The first-order valence-electron chi connectivity index (χ1n) is 5.64. The minimum atomic E-state index is -3.87. The van der Waals surface area contributed by atoms with Crippen LogP contribution in [0.3, 0.4) is 0 Å². The zero-order valence-corrected chi connectivity index (χ0v) is 12.2. The van der Waals surface area contributed by atoms with Crippen LogP contribution in [0.1, 0.15) is 5.56 Å². The Balaban J connectivity index is 2.54. The molecular weight excluding hydrogens is 300 g/mol. The quantitative estimate of drug-likeness (QED) is 0.852. The molecule has 0 bridgehead atoms. The fraction of sp³-hybridized carbons (Fsp3) is 0.0769. The van der Waals surface area contributed by atoms with Gasteiger partial charge in [-0.1, -0.05) is 23.7 Å². The smallest absolute Gasteiger partial charge is 0.238 e. The first-order chi connectivity index (χ1) is 9.29. The van der Waals surface area contributed by atoms with Crippen molar-refractivity contribution in [1.29, 1.82) is 0 Å². The van der Waals surface area contributed by atoms with Gasteiger partial charge in [0, 0.05) is 17.3 Å². The summed E-state index contributed by atoms with van der Waals surface area (Å²) in [5.74, 6) is 0.699. The van der Waals surface area contributed by atoms with Crippen molar-refractivity contribution >= 4 is 27.3 Å². The minimum absolute atomic E-state index is 0.0699. The molecule has 0 atom stereocenters. The van der Waals surface area contributed by atoms with Crippen LogP contribution >= 0.6 is 11.6 Å². The van der Waals surface area contributed by atoms with Crippen LogP contribution in [0.5, 0.6) is 11.5 Å². The van der Waals surface area contributed by atoms with E-state index in [9.17, 15) is 8.42 Å². The molecule has 5 nitrogen and oxygen atoms in total. The van der Waals surface area contributed by atoms with E-state index in [2.05, 4.69) is 0 Å². The van der Waals surface area contributed by atoms with Gasteiger partial charge in [0.25, 0.3) is 0 Å². The largest absolute Gasteiger partial charge is 0.455 e. The van der Waals surface area contributed by atoms with Crippen molar-refractivity contribution in [2.45, 2.75) is 11.8 Å². The lowest BCUT2D eigenvalue weighted by Gasteiger charge is -2.13. The molecule has 2 aromatic rings. The Kier molecular flexibility index (Phi) is 3.89. The Morgan fingerprint density at radius 3 is 2.40 bits per heavy atom. The summed E-state index contributed by atoms with van der Waals surface area (Å²) in [5, 5.41) is 5.56. The van der Waals surface area contributed by atoms with E-state index in [-0.39, 0.29) is 10.6 Å². The number of benzene rings is 2. The van der Waals surface area contributed by atoms with E-state index in [0.717, 1.165) is 0 Å². The lowest BCUT2D eigenvalue weighted by molar-refractivity contribution is 0.477. The van der Waals surface area contributed by atoms with Gasteiger partial charge in [0.1, 0.15) is 11.5 Å². The Bertz CT molecular complexity index is 760. The predicted octanol–water partition coefficient (Wildman–Crippen LogP) is 2.67. The van der Waals surface area contributed by atoms with Crippen molar-refractivity contribution in [1.82, 2.24) is 0 Å². The molecule has 0 heterocycles. The number of anilines is 1. The van der Waals surface area contributed by atoms with Crippen LogP contribution in [-0.4, -0.2) is 8.42 Å². The number of para-hydroxylation sites is 1. The van der Waals surface area contributed by atoms with E-state index in [0.29, 0.717) is 22.1 Å². The highest BCUT2D eigenvalue weighted by Crippen LogP contribution is 2.34. The van der Waals surface area contributed by atoms with Gasteiger partial charge >= 0.3 is 0 Å². The molecule has 2 aromatic carbocycles. The second-order valence-corrected chi connectivity index (χ2v) is 6.16. The Hall–Kier alpha value is -1.76. The van der Waals surface area contributed by atoms with Crippen LogP contribution in [0.15, 0.2) is 41.3 Å². The Morgan fingerprint density at radius 1 is 1.15 bits per heavy atom. The summed E-state index contributed by atoms with van der Waals surface area (Å²) in [6, 6.07) is 9.67. The fourth-order valence-electron chi connectivity index (χ4n) is 1.73. The molecule has 20 heavy (non-hydrogen) atoms. The topological polar surface area (TPSA) is 95.4 Å². The normalized spacial score (nSPS) is 11.3. The van der Waals surface area contributed by atoms with Crippen LogP contribution in [0.25, 0.3) is 0 Å². The number of nitrogens with two attached hydrogens (primary N) is 2. The number of sulfonamides is 1. The standard InChI is InChI=1S/C13H13ClN2O3S/c1-8-12(19-11-5-3-2-4-10(11)14)6-9(15)7-13(8)20(16,17)18/h2-7H,15H2,1H3,(H2,16,17,18). The molecule has 0 unspecified atom stereocenters. The molecule has 0 radical (unpaired) electrons. The van der Waals surface area contributed by atoms with Crippen molar-refractivity contribution in [3.05, 3.63) is 47.0 Å². The van der Waals surface area contributed by atoms with Gasteiger partial charge in [0.05, 0.1) is 9.92 Å². The first-order valence-corrected chi connectivity index (χ1v) is 7.57. The zero-order valence-electron chi connectivity index (χ0n) is 10.6. The van der Waals surface area contributed by atoms with Gasteiger partial charge in [-0.25, -0.2) is 13.6 Å². The van der Waals surface area contributed by atoms with Crippen molar-refractivity contribution in [3.8, 4) is 11.5 Å². The molecule has 0 aliphatic heterocycles. The molecule has 0 spiro atoms. The Morgan fingerprint density at radius 2 is 1.80 bits per heavy atom. The van der Waals surface area contributed by atoms with E-state index in [1.54, 1.807) is 31.2 Å². The van der Waals surface area contributed by atoms with Crippen molar-refractivity contribution < 1.29 is 13.2 Å². The fourth-order valence-corrected chi connectivity index (χ4v) is 2.73. The molecule has 0 fully saturated rings. The molecule has 0 aliphatic rings. The molecule has 106 valence electrons. The van der Waals surface area contributed by atoms with Gasteiger partial charge in [-0.05, 0) is 25.1 Å². The average molecular weight is 313 g/mol. The van der Waals surface area contributed by atoms with Crippen molar-refractivity contribution in [2.24, 2.45) is 5.14 Å². The highest BCUT2D eigenvalue weighted by molar-refractivity contribution is 7.89. The van der Waals surface area contributed by atoms with Crippen LogP contribution in [0.4, 0.5) is 5.69 Å². The average Bonchev–Trinajstić information content (AvgIpc) is 2.34. The second kappa shape index (κ2) is 5.32. The molecular formula is C13H13ClN2O3S. The van der Waals surface area contributed by atoms with E-state index in [1.807, 2.05) is 0 Å². The van der Waals surface area contributed by atoms with Crippen molar-refractivity contribution in [3.63, 3.8) is 0 Å². The summed E-state index contributed by atoms with van der Waals surface area (Å²) in [7, 11) is -3.87. The van der Waals surface area contributed by atoms with E-state index >= 15 is 0 Å². The summed E-state index contributed by atoms with van der Waals surface area (Å²) >= 11 is 6.00. The zero-order chi connectivity index (χ0) is 14.9. The molecule has 0 amide bonds. The maximum Gasteiger partial charge on any atom is 0.238 e. The molecule has 2 rings (SSSR count). The number of hydrogen-bond donors (Lipinski definition) is 2. The molecule has 7 heteroatoms. The maximum absolute atomic E-state index is 11.5. The first kappa shape index (κ1) is 14.6. The van der Waals surface area contributed by atoms with Gasteiger partial charge < -0.3 is 10.5 Å². The number of primary sulfonamides is 1. The second-order valence-electron chi connectivity index (χ2n) is 4.22. The third-order valence-corrected chi connectivity index (χ3v) is 4.05. The Labute approximate surface area is 122 Å². The minimum Gasteiger partial charge on any atom is -0.455 e. The molecule has 0 saturated carbocycles. The molecule has 0 aliphatic carbocycles. The van der Waals surface area contributed by atoms with Crippen LogP contribution < -0.4 is 15.6 Å². The summed E-state index contributed by atoms with van der Waals surface area (Å²) in [6.45, 7) is 1.59. The molecule has 4 N–H and O–H groups in total. The van der Waals surface area contributed by atoms with Crippen LogP contribution in [-0.2, 0) is 10.0 Å². The van der Waals surface area contributed by atoms with Crippen LogP contribution in [0.2, 0.25) is 5.02 Å². The van der Waals surface area contributed by atoms with Gasteiger partial charge in [0.2, 0.25) is 10.0 Å². The van der Waals surface area contributed by atoms with Gasteiger partial charge in [-0.15, -0.1) is 0 Å². The summed E-state index contributed by atoms with van der Waals surface area (Å²) in [6.07, 6.45) is 0. The highest BCUT2D eigenvalue weighted by Gasteiger charge is 2.17. The number of halogens is 1. The third kappa shape index (κ3) is 3.04. The summed E-state index contributed by atoms with van der Waals surface area (Å²) in [4.78, 5) is -0.0699. The lowest BCUT2D eigenvalue weighted by atomic mass is 10.2. The molecule has 0 saturated heterocycles. The lowest BCUT2D eigenvalue weighted by Crippen LogP contribution is -2.14. The summed E-state index contributed by atoms with van der Waals surface area (Å²) in [5.41, 5.74) is 6.30. The van der Waals surface area contributed by atoms with E-state index in [1.165, 1.54) is 12.1 Å². The predicted molar refractivity (Wildman–Crippen MR) is 78.5 cm³/mol. The molecule has 0 aromatic heterocycles. The third-order valence-electron chi connectivity index (χ3n) is 2.70. The monoisotopic (exact) mass is 312 g/mol. The maximum atomic E-state index is 11.5. The number of rotatable bonds is 3. The van der Waals surface area contributed by atoms with Crippen molar-refractivity contribution in [2.75, 3.05) is 5.73 Å². The number of ether oxygens (including phenoxy) is 1. The van der Waals surface area contributed by atoms with Gasteiger partial charge in [-0.2, -0.15) is 0 Å².